The molecule has 116 valence electrons. The first-order valence-corrected chi connectivity index (χ1v) is 7.90. The zero-order valence-electron chi connectivity index (χ0n) is 12.4. The highest BCUT2D eigenvalue weighted by atomic mass is 32.2. The molecule has 0 bridgehead atoms. The van der Waals surface area contributed by atoms with Crippen molar-refractivity contribution < 1.29 is 14.7 Å². The quantitative estimate of drug-likeness (QED) is 0.718. The first-order valence-electron chi connectivity index (χ1n) is 6.51. The molecule has 1 aromatic carbocycles. The fourth-order valence-electron chi connectivity index (χ4n) is 1.78. The molecular formula is C14H21N3O3S. The number of carboxylic acid groups (broad SMARTS) is 1. The number of nitrogens with one attached hydrogen (secondary N) is 2. The summed E-state index contributed by atoms with van der Waals surface area (Å²) in [5, 5.41) is 14.3. The number of hydrogen-bond acceptors (Lipinski definition) is 4. The summed E-state index contributed by atoms with van der Waals surface area (Å²) in [6.07, 6.45) is 2.28. The SMILES string of the molecule is CSCC[C@H](NC(=O)Nc1ccccc1N(C)C)C(=O)O. The first kappa shape index (κ1) is 17.2. The summed E-state index contributed by atoms with van der Waals surface area (Å²) in [6, 6.07) is 5.92. The second-order valence-corrected chi connectivity index (χ2v) is 5.67. The topological polar surface area (TPSA) is 81.7 Å². The predicted octanol–water partition coefficient (Wildman–Crippen LogP) is 2.08. The number of aliphatic carboxylic acids is 1. The fraction of sp³-hybridized carbons (Fsp3) is 0.429. The lowest BCUT2D eigenvalue weighted by Gasteiger charge is -2.19. The van der Waals surface area contributed by atoms with Crippen LogP contribution < -0.4 is 15.5 Å². The Bertz CT molecular complexity index is 494. The molecule has 2 amide bonds. The number of carbonyl (C=O) groups excluding carboxylic acids is 1. The lowest BCUT2D eigenvalue weighted by Crippen LogP contribution is -2.43. The Kier molecular flexibility index (Phi) is 6.87. The minimum Gasteiger partial charge on any atom is -0.480 e. The van der Waals surface area contributed by atoms with Gasteiger partial charge in [0.2, 0.25) is 0 Å². The maximum atomic E-state index is 12.0. The van der Waals surface area contributed by atoms with Gasteiger partial charge in [-0.3, -0.25) is 0 Å². The number of thioether (sulfide) groups is 1. The Morgan fingerprint density at radius 1 is 1.33 bits per heavy atom. The minimum atomic E-state index is -1.03. The highest BCUT2D eigenvalue weighted by Gasteiger charge is 2.19. The summed E-state index contributed by atoms with van der Waals surface area (Å²) in [4.78, 5) is 24.9. The van der Waals surface area contributed by atoms with E-state index < -0.39 is 18.0 Å². The van der Waals surface area contributed by atoms with E-state index in [2.05, 4.69) is 10.6 Å². The van der Waals surface area contributed by atoms with Crippen LogP contribution in [0.4, 0.5) is 16.2 Å². The van der Waals surface area contributed by atoms with Gasteiger partial charge in [-0.15, -0.1) is 0 Å². The average Bonchev–Trinajstić information content (AvgIpc) is 2.43. The molecule has 3 N–H and O–H groups in total. The zero-order valence-corrected chi connectivity index (χ0v) is 13.2. The van der Waals surface area contributed by atoms with Crippen LogP contribution in [0.5, 0.6) is 0 Å². The van der Waals surface area contributed by atoms with Gasteiger partial charge in [0.05, 0.1) is 11.4 Å². The van der Waals surface area contributed by atoms with Crippen molar-refractivity contribution in [1.29, 1.82) is 0 Å². The number of benzene rings is 1. The zero-order chi connectivity index (χ0) is 15.8. The van der Waals surface area contributed by atoms with E-state index in [9.17, 15) is 9.59 Å². The molecule has 7 heteroatoms. The molecule has 0 radical (unpaired) electrons. The monoisotopic (exact) mass is 311 g/mol. The Labute approximate surface area is 128 Å². The molecule has 1 rings (SSSR count). The van der Waals surface area contributed by atoms with E-state index >= 15 is 0 Å². The van der Waals surface area contributed by atoms with Gasteiger partial charge in [0.1, 0.15) is 6.04 Å². The van der Waals surface area contributed by atoms with Crippen LogP contribution in [-0.4, -0.2) is 49.3 Å². The second-order valence-electron chi connectivity index (χ2n) is 4.68. The molecular weight excluding hydrogens is 290 g/mol. The molecule has 0 saturated carbocycles. The molecule has 1 aromatic rings. The van der Waals surface area contributed by atoms with Gasteiger partial charge in [0.25, 0.3) is 0 Å². The van der Waals surface area contributed by atoms with E-state index in [-0.39, 0.29) is 0 Å². The molecule has 0 saturated heterocycles. The van der Waals surface area contributed by atoms with Crippen LogP contribution in [0.1, 0.15) is 6.42 Å². The molecule has 1 atom stereocenters. The summed E-state index contributed by atoms with van der Waals surface area (Å²) in [7, 11) is 3.74. The standard InChI is InChI=1S/C14H21N3O3S/c1-17(2)12-7-5-4-6-10(12)15-14(20)16-11(13(18)19)8-9-21-3/h4-7,11H,8-9H2,1-3H3,(H,18,19)(H2,15,16,20)/t11-/m0/s1. The average molecular weight is 311 g/mol. The van der Waals surface area contributed by atoms with E-state index in [4.69, 9.17) is 5.11 Å². The summed E-state index contributed by atoms with van der Waals surface area (Å²) in [5.74, 6) is -0.356. The van der Waals surface area contributed by atoms with Crippen LogP contribution in [0.2, 0.25) is 0 Å². The number of carbonyl (C=O) groups is 2. The van der Waals surface area contributed by atoms with Crippen LogP contribution in [0, 0.1) is 0 Å². The van der Waals surface area contributed by atoms with Gasteiger partial charge in [-0.2, -0.15) is 11.8 Å². The van der Waals surface area contributed by atoms with Gasteiger partial charge < -0.3 is 20.6 Å². The van der Waals surface area contributed by atoms with Crippen molar-refractivity contribution in [3.05, 3.63) is 24.3 Å². The van der Waals surface area contributed by atoms with E-state index in [1.165, 1.54) is 0 Å². The highest BCUT2D eigenvalue weighted by Crippen LogP contribution is 2.23. The van der Waals surface area contributed by atoms with Crippen LogP contribution in [0.25, 0.3) is 0 Å². The third-order valence-corrected chi connectivity index (χ3v) is 3.49. The van der Waals surface area contributed by atoms with E-state index in [1.807, 2.05) is 43.5 Å². The van der Waals surface area contributed by atoms with Crippen molar-refractivity contribution in [2.45, 2.75) is 12.5 Å². The van der Waals surface area contributed by atoms with Crippen LogP contribution in [-0.2, 0) is 4.79 Å². The highest BCUT2D eigenvalue weighted by molar-refractivity contribution is 7.98. The van der Waals surface area contributed by atoms with Crippen molar-refractivity contribution in [1.82, 2.24) is 5.32 Å². The van der Waals surface area contributed by atoms with Crippen molar-refractivity contribution in [3.63, 3.8) is 0 Å². The molecule has 0 aromatic heterocycles. The van der Waals surface area contributed by atoms with Crippen molar-refractivity contribution in [3.8, 4) is 0 Å². The van der Waals surface area contributed by atoms with Crippen LogP contribution in [0.3, 0.4) is 0 Å². The first-order chi connectivity index (χ1) is 9.95. The number of urea groups is 1. The molecule has 0 aliphatic rings. The fourth-order valence-corrected chi connectivity index (χ4v) is 2.25. The van der Waals surface area contributed by atoms with Crippen molar-refractivity contribution in [2.24, 2.45) is 0 Å². The van der Waals surface area contributed by atoms with Gasteiger partial charge in [0, 0.05) is 14.1 Å². The largest absolute Gasteiger partial charge is 0.480 e. The summed E-state index contributed by atoms with van der Waals surface area (Å²) in [5.41, 5.74) is 1.48. The maximum Gasteiger partial charge on any atom is 0.326 e. The minimum absolute atomic E-state index is 0.388. The lowest BCUT2D eigenvalue weighted by molar-refractivity contribution is -0.139. The normalized spacial score (nSPS) is 11.6. The van der Waals surface area contributed by atoms with Gasteiger partial charge in [-0.25, -0.2) is 9.59 Å². The van der Waals surface area contributed by atoms with Gasteiger partial charge in [-0.1, -0.05) is 12.1 Å². The third-order valence-electron chi connectivity index (χ3n) is 2.85. The number of nitrogens with zero attached hydrogens (tertiary/aromatic N) is 1. The van der Waals surface area contributed by atoms with Crippen LogP contribution in [0.15, 0.2) is 24.3 Å². The number of hydrogen-bond donors (Lipinski definition) is 3. The smallest absolute Gasteiger partial charge is 0.326 e. The molecule has 0 unspecified atom stereocenters. The summed E-state index contributed by atoms with van der Waals surface area (Å²) >= 11 is 1.54. The lowest BCUT2D eigenvalue weighted by atomic mass is 10.2. The number of carboxylic acids is 1. The summed E-state index contributed by atoms with van der Waals surface area (Å²) in [6.45, 7) is 0. The molecule has 0 fully saturated rings. The molecule has 6 nitrogen and oxygen atoms in total. The predicted molar refractivity (Wildman–Crippen MR) is 87.3 cm³/mol. The van der Waals surface area contributed by atoms with Gasteiger partial charge in [-0.05, 0) is 30.6 Å². The van der Waals surface area contributed by atoms with Crippen molar-refractivity contribution >= 4 is 35.1 Å². The number of para-hydroxylation sites is 2. The molecule has 0 spiro atoms. The number of rotatable bonds is 7. The second kappa shape index (κ2) is 8.41. The Hall–Kier alpha value is -1.89. The van der Waals surface area contributed by atoms with E-state index in [0.29, 0.717) is 17.9 Å². The number of anilines is 2. The molecule has 0 aliphatic carbocycles. The maximum absolute atomic E-state index is 12.0. The van der Waals surface area contributed by atoms with Gasteiger partial charge >= 0.3 is 12.0 Å². The third kappa shape index (κ3) is 5.55. The summed E-state index contributed by atoms with van der Waals surface area (Å²) < 4.78 is 0. The van der Waals surface area contributed by atoms with Gasteiger partial charge in [0.15, 0.2) is 0 Å². The Balaban J connectivity index is 2.70. The molecule has 0 aliphatic heterocycles. The Morgan fingerprint density at radius 3 is 2.57 bits per heavy atom. The van der Waals surface area contributed by atoms with Crippen LogP contribution >= 0.6 is 11.8 Å². The number of amides is 2. The van der Waals surface area contributed by atoms with Crippen molar-refractivity contribution in [2.75, 3.05) is 36.3 Å². The molecule has 0 heterocycles. The van der Waals surface area contributed by atoms with E-state index in [1.54, 1.807) is 17.8 Å². The van der Waals surface area contributed by atoms with E-state index in [0.717, 1.165) is 5.69 Å². The molecule has 21 heavy (non-hydrogen) atoms. The Morgan fingerprint density at radius 2 is 2.00 bits per heavy atom.